The molecule has 0 aliphatic carbocycles. The predicted molar refractivity (Wildman–Crippen MR) is 150 cm³/mol. The van der Waals surface area contributed by atoms with E-state index >= 15 is 0 Å². The van der Waals surface area contributed by atoms with E-state index < -0.39 is 60.2 Å². The quantitative estimate of drug-likeness (QED) is 0.109. The molecular formula is C28H38N6O7. The molecular weight excluding hydrogens is 532 g/mol. The van der Waals surface area contributed by atoms with Crippen LogP contribution in [-0.4, -0.2) is 70.5 Å². The summed E-state index contributed by atoms with van der Waals surface area (Å²) in [6.45, 7) is 0.341. The van der Waals surface area contributed by atoms with Crippen molar-refractivity contribution in [1.82, 2.24) is 16.0 Å². The normalized spacial score (nSPS) is 13.7. The Morgan fingerprint density at radius 1 is 0.732 bits per heavy atom. The smallest absolute Gasteiger partial charge is 0.326 e. The van der Waals surface area contributed by atoms with Crippen LogP contribution in [0.2, 0.25) is 0 Å². The summed E-state index contributed by atoms with van der Waals surface area (Å²) in [6.07, 6.45) is 0.711. The van der Waals surface area contributed by atoms with Crippen LogP contribution < -0.4 is 33.2 Å². The Labute approximate surface area is 237 Å². The maximum absolute atomic E-state index is 13.5. The number of hydrogen-bond acceptors (Lipinski definition) is 8. The van der Waals surface area contributed by atoms with E-state index in [1.807, 2.05) is 0 Å². The average Bonchev–Trinajstić information content (AvgIpc) is 2.93. The molecule has 222 valence electrons. The lowest BCUT2D eigenvalue weighted by molar-refractivity contribution is -0.143. The Balaban J connectivity index is 2.21. The molecule has 0 fully saturated rings. The first-order valence-corrected chi connectivity index (χ1v) is 13.2. The number of primary amides is 1. The Kier molecular flexibility index (Phi) is 13.2. The van der Waals surface area contributed by atoms with E-state index in [1.54, 1.807) is 42.5 Å². The first kappa shape index (κ1) is 32.7. The minimum atomic E-state index is -1.58. The van der Waals surface area contributed by atoms with Gasteiger partial charge in [0.05, 0.1) is 12.5 Å². The number of aromatic hydroxyl groups is 1. The van der Waals surface area contributed by atoms with E-state index in [1.165, 1.54) is 12.1 Å². The van der Waals surface area contributed by atoms with Gasteiger partial charge < -0.3 is 43.4 Å². The summed E-state index contributed by atoms with van der Waals surface area (Å²) in [7, 11) is 0. The largest absolute Gasteiger partial charge is 0.508 e. The summed E-state index contributed by atoms with van der Waals surface area (Å²) in [6, 6.07) is 10.2. The van der Waals surface area contributed by atoms with Crippen molar-refractivity contribution in [3.63, 3.8) is 0 Å². The van der Waals surface area contributed by atoms with Crippen LogP contribution in [0.15, 0.2) is 54.6 Å². The summed E-state index contributed by atoms with van der Waals surface area (Å²) in [5.74, 6) is -4.42. The number of nitrogens with one attached hydrogen (secondary N) is 3. The van der Waals surface area contributed by atoms with Crippen LogP contribution in [0, 0.1) is 0 Å². The van der Waals surface area contributed by atoms with Crippen molar-refractivity contribution in [1.29, 1.82) is 0 Å². The number of hydrogen-bond donors (Lipinski definition) is 8. The topological polar surface area (TPSA) is 240 Å². The highest BCUT2D eigenvalue weighted by Crippen LogP contribution is 2.12. The van der Waals surface area contributed by atoms with Gasteiger partial charge in [0.25, 0.3) is 0 Å². The number of phenolic OH excluding ortho intramolecular Hbond substituents is 1. The monoisotopic (exact) mass is 570 g/mol. The van der Waals surface area contributed by atoms with Crippen LogP contribution in [-0.2, 0) is 36.8 Å². The van der Waals surface area contributed by atoms with Crippen molar-refractivity contribution >= 4 is 29.6 Å². The van der Waals surface area contributed by atoms with Crippen LogP contribution >= 0.6 is 0 Å². The standard InChI is InChI=1S/C28H38N6O7/c29-13-5-4-8-21(26(38)34-23(28(40)41)16-24(31)36)32-27(39)22(15-17-6-2-1-3-7-17)33-25(37)20(30)14-18-9-11-19(35)12-10-18/h1-3,6-7,9-12,20-23,35H,4-5,8,13-16,29-30H2,(H2,31,36)(H,32,39)(H,33,37)(H,34,38)(H,40,41). The third kappa shape index (κ3) is 11.6. The van der Waals surface area contributed by atoms with Crippen molar-refractivity contribution in [3.8, 4) is 5.75 Å². The number of carboxylic acids is 1. The second-order valence-corrected chi connectivity index (χ2v) is 9.64. The highest BCUT2D eigenvalue weighted by molar-refractivity contribution is 5.95. The number of carbonyl (C=O) groups is 5. The fourth-order valence-corrected chi connectivity index (χ4v) is 4.02. The molecule has 0 spiro atoms. The number of unbranched alkanes of at least 4 members (excludes halogenated alkanes) is 1. The van der Waals surface area contributed by atoms with E-state index in [0.29, 0.717) is 24.9 Å². The zero-order valence-corrected chi connectivity index (χ0v) is 22.6. The van der Waals surface area contributed by atoms with Gasteiger partial charge in [-0.1, -0.05) is 42.5 Å². The Morgan fingerprint density at radius 2 is 1.29 bits per heavy atom. The number of aliphatic carboxylic acids is 1. The van der Waals surface area contributed by atoms with E-state index in [9.17, 15) is 34.2 Å². The molecule has 0 aliphatic heterocycles. The lowest BCUT2D eigenvalue weighted by Crippen LogP contribution is -2.58. The summed E-state index contributed by atoms with van der Waals surface area (Å²) in [5, 5.41) is 26.4. The molecule has 0 saturated heterocycles. The molecule has 13 nitrogen and oxygen atoms in total. The van der Waals surface area contributed by atoms with Gasteiger partial charge in [0.15, 0.2) is 0 Å². The molecule has 0 saturated carbocycles. The summed E-state index contributed by atoms with van der Waals surface area (Å²) >= 11 is 0. The molecule has 0 heterocycles. The summed E-state index contributed by atoms with van der Waals surface area (Å²) in [5.41, 5.74) is 18.2. The van der Waals surface area contributed by atoms with Gasteiger partial charge in [0.2, 0.25) is 23.6 Å². The Bertz CT molecular complexity index is 1180. The molecule has 0 aromatic heterocycles. The van der Waals surface area contributed by atoms with Crippen LogP contribution in [0.4, 0.5) is 0 Å². The molecule has 2 aromatic rings. The van der Waals surface area contributed by atoms with Crippen LogP contribution in [0.5, 0.6) is 5.75 Å². The number of nitrogens with two attached hydrogens (primary N) is 3. The van der Waals surface area contributed by atoms with Crippen molar-refractivity contribution < 1.29 is 34.2 Å². The molecule has 13 heteroatoms. The molecule has 0 bridgehead atoms. The van der Waals surface area contributed by atoms with E-state index in [4.69, 9.17) is 17.2 Å². The lowest BCUT2D eigenvalue weighted by atomic mass is 10.0. The SMILES string of the molecule is NCCCCC(NC(=O)C(Cc1ccccc1)NC(=O)C(N)Cc1ccc(O)cc1)C(=O)NC(CC(N)=O)C(=O)O. The molecule has 4 unspecified atom stereocenters. The number of carbonyl (C=O) groups excluding carboxylic acids is 4. The van der Waals surface area contributed by atoms with Crippen LogP contribution in [0.1, 0.15) is 36.8 Å². The first-order chi connectivity index (χ1) is 19.5. The van der Waals surface area contributed by atoms with Crippen LogP contribution in [0.25, 0.3) is 0 Å². The molecule has 4 atom stereocenters. The third-order valence-corrected chi connectivity index (χ3v) is 6.24. The molecule has 11 N–H and O–H groups in total. The molecule has 0 radical (unpaired) electrons. The minimum Gasteiger partial charge on any atom is -0.508 e. The number of rotatable bonds is 17. The van der Waals surface area contributed by atoms with Gasteiger partial charge >= 0.3 is 5.97 Å². The first-order valence-electron chi connectivity index (χ1n) is 13.2. The van der Waals surface area contributed by atoms with Crippen LogP contribution in [0.3, 0.4) is 0 Å². The van der Waals surface area contributed by atoms with Crippen molar-refractivity contribution in [2.75, 3.05) is 6.54 Å². The van der Waals surface area contributed by atoms with Gasteiger partial charge in [-0.25, -0.2) is 4.79 Å². The van der Waals surface area contributed by atoms with E-state index in [0.717, 1.165) is 5.56 Å². The molecule has 0 aliphatic rings. The second-order valence-electron chi connectivity index (χ2n) is 9.64. The minimum absolute atomic E-state index is 0.0701. The van der Waals surface area contributed by atoms with E-state index in [2.05, 4.69) is 16.0 Å². The second kappa shape index (κ2) is 16.6. The fourth-order valence-electron chi connectivity index (χ4n) is 4.02. The highest BCUT2D eigenvalue weighted by atomic mass is 16.4. The molecule has 4 amide bonds. The average molecular weight is 571 g/mol. The summed E-state index contributed by atoms with van der Waals surface area (Å²) in [4.78, 5) is 62.3. The maximum atomic E-state index is 13.5. The number of amides is 4. The third-order valence-electron chi connectivity index (χ3n) is 6.24. The number of phenols is 1. The summed E-state index contributed by atoms with van der Waals surface area (Å²) < 4.78 is 0. The zero-order chi connectivity index (χ0) is 30.4. The highest BCUT2D eigenvalue weighted by Gasteiger charge is 2.31. The van der Waals surface area contributed by atoms with Gasteiger partial charge in [-0.2, -0.15) is 0 Å². The predicted octanol–water partition coefficient (Wildman–Crippen LogP) is -0.952. The maximum Gasteiger partial charge on any atom is 0.326 e. The van der Waals surface area contributed by atoms with E-state index in [-0.39, 0.29) is 25.0 Å². The van der Waals surface area contributed by atoms with Gasteiger partial charge in [0.1, 0.15) is 23.9 Å². The number of carboxylic acid groups (broad SMARTS) is 1. The van der Waals surface area contributed by atoms with Gasteiger partial charge in [-0.15, -0.1) is 0 Å². The van der Waals surface area contributed by atoms with Crippen molar-refractivity contribution in [3.05, 3.63) is 65.7 Å². The van der Waals surface area contributed by atoms with Crippen molar-refractivity contribution in [2.24, 2.45) is 17.2 Å². The zero-order valence-electron chi connectivity index (χ0n) is 22.6. The van der Waals surface area contributed by atoms with Crippen molar-refractivity contribution in [2.45, 2.75) is 62.7 Å². The van der Waals surface area contributed by atoms with Gasteiger partial charge in [-0.05, 0) is 55.5 Å². The lowest BCUT2D eigenvalue weighted by Gasteiger charge is -2.25. The molecule has 2 aromatic carbocycles. The molecule has 41 heavy (non-hydrogen) atoms. The van der Waals surface area contributed by atoms with Gasteiger partial charge in [-0.3, -0.25) is 19.2 Å². The molecule has 2 rings (SSSR count). The Morgan fingerprint density at radius 3 is 1.88 bits per heavy atom. The Hall–Kier alpha value is -4.49. The fraction of sp³-hybridized carbons (Fsp3) is 0.393. The number of benzene rings is 2. The van der Waals surface area contributed by atoms with Gasteiger partial charge in [0, 0.05) is 6.42 Å².